The van der Waals surface area contributed by atoms with E-state index in [-0.39, 0.29) is 12.2 Å². The Kier molecular flexibility index (Phi) is 3.82. The molecular weight excluding hydrogens is 254 g/mol. The Hall–Kier alpha value is -2.34. The third kappa shape index (κ3) is 2.92. The van der Waals surface area contributed by atoms with E-state index >= 15 is 0 Å². The molecule has 0 saturated carbocycles. The molecule has 2 N–H and O–H groups in total. The van der Waals surface area contributed by atoms with E-state index < -0.39 is 17.5 Å². The van der Waals surface area contributed by atoms with Gasteiger partial charge in [0.2, 0.25) is 0 Å². The Morgan fingerprint density at radius 1 is 1.26 bits per heavy atom. The first-order chi connectivity index (χ1) is 9.11. The van der Waals surface area contributed by atoms with E-state index in [0.29, 0.717) is 11.3 Å². The van der Waals surface area contributed by atoms with Gasteiger partial charge in [-0.15, -0.1) is 0 Å². The van der Waals surface area contributed by atoms with E-state index in [0.717, 1.165) is 12.1 Å². The van der Waals surface area contributed by atoms with Gasteiger partial charge in [0.25, 0.3) is 5.91 Å². The zero-order valence-corrected chi connectivity index (χ0v) is 9.73. The fourth-order valence-electron chi connectivity index (χ4n) is 1.51. The molecule has 0 aliphatic carbocycles. The lowest BCUT2D eigenvalue weighted by molar-refractivity contribution is 0.102. The van der Waals surface area contributed by atoms with Crippen molar-refractivity contribution in [3.8, 4) is 0 Å². The molecule has 1 aromatic carbocycles. The van der Waals surface area contributed by atoms with Crippen LogP contribution < -0.4 is 5.32 Å². The maximum Gasteiger partial charge on any atom is 0.255 e. The van der Waals surface area contributed by atoms with Gasteiger partial charge in [-0.1, -0.05) is 0 Å². The zero-order chi connectivity index (χ0) is 13.8. The molecule has 0 bridgehead atoms. The Bertz CT molecular complexity index is 617. The highest BCUT2D eigenvalue weighted by atomic mass is 19.2. The Morgan fingerprint density at radius 3 is 2.74 bits per heavy atom. The number of carbonyl (C=O) groups excluding carboxylic acids is 1. The number of halogens is 2. The summed E-state index contributed by atoms with van der Waals surface area (Å²) in [6.07, 6.45) is 2.84. The Labute approximate surface area is 107 Å². The molecule has 0 aliphatic rings. The van der Waals surface area contributed by atoms with E-state index in [4.69, 9.17) is 5.11 Å². The highest BCUT2D eigenvalue weighted by Gasteiger charge is 2.11. The molecule has 1 heterocycles. The number of nitrogens with zero attached hydrogens (tertiary/aromatic N) is 1. The average Bonchev–Trinajstić information content (AvgIpc) is 2.42. The van der Waals surface area contributed by atoms with Crippen LogP contribution in [0.15, 0.2) is 36.7 Å². The Balaban J connectivity index is 2.23. The summed E-state index contributed by atoms with van der Waals surface area (Å²) in [5.74, 6) is -2.73. The smallest absolute Gasteiger partial charge is 0.255 e. The van der Waals surface area contributed by atoms with Crippen LogP contribution in [0.3, 0.4) is 0 Å². The second kappa shape index (κ2) is 5.53. The maximum atomic E-state index is 13.0. The number of aliphatic hydroxyl groups is 1. The van der Waals surface area contributed by atoms with Gasteiger partial charge in [-0.2, -0.15) is 0 Å². The number of benzene rings is 1. The van der Waals surface area contributed by atoms with Crippen LogP contribution in [0.5, 0.6) is 0 Å². The molecule has 6 heteroatoms. The van der Waals surface area contributed by atoms with E-state index in [1.54, 1.807) is 6.07 Å². The minimum absolute atomic E-state index is 0.0216. The van der Waals surface area contributed by atoms with Crippen molar-refractivity contribution in [2.75, 3.05) is 5.32 Å². The molecule has 0 radical (unpaired) electrons. The van der Waals surface area contributed by atoms with Crippen molar-refractivity contribution < 1.29 is 18.7 Å². The van der Waals surface area contributed by atoms with Crippen molar-refractivity contribution in [3.05, 3.63) is 59.4 Å². The highest BCUT2D eigenvalue weighted by molar-refractivity contribution is 6.04. The van der Waals surface area contributed by atoms with Gasteiger partial charge >= 0.3 is 0 Å². The fourth-order valence-corrected chi connectivity index (χ4v) is 1.51. The van der Waals surface area contributed by atoms with Gasteiger partial charge in [-0.25, -0.2) is 8.78 Å². The lowest BCUT2D eigenvalue weighted by Crippen LogP contribution is -2.14. The summed E-state index contributed by atoms with van der Waals surface area (Å²) in [5, 5.41) is 11.6. The summed E-state index contributed by atoms with van der Waals surface area (Å²) >= 11 is 0. The summed E-state index contributed by atoms with van der Waals surface area (Å²) in [6, 6.07) is 4.39. The summed E-state index contributed by atoms with van der Waals surface area (Å²) in [7, 11) is 0. The third-order valence-electron chi connectivity index (χ3n) is 2.51. The number of carbonyl (C=O) groups is 1. The van der Waals surface area contributed by atoms with Gasteiger partial charge in [0.05, 0.1) is 18.5 Å². The molecular formula is C13H10F2N2O2. The number of aliphatic hydroxyl groups excluding tert-OH is 1. The summed E-state index contributed by atoms with van der Waals surface area (Å²) in [4.78, 5) is 15.6. The van der Waals surface area contributed by atoms with Crippen LogP contribution in [0.1, 0.15) is 15.9 Å². The van der Waals surface area contributed by atoms with Crippen molar-refractivity contribution in [1.29, 1.82) is 0 Å². The molecule has 0 fully saturated rings. The predicted molar refractivity (Wildman–Crippen MR) is 64.5 cm³/mol. The number of amides is 1. The molecule has 0 atom stereocenters. The molecule has 98 valence electrons. The minimum atomic E-state index is -1.10. The average molecular weight is 264 g/mol. The lowest BCUT2D eigenvalue weighted by atomic mass is 10.2. The zero-order valence-electron chi connectivity index (χ0n) is 9.73. The SMILES string of the molecule is O=C(Nc1cnccc1CO)c1ccc(F)c(F)c1. The van der Waals surface area contributed by atoms with E-state index in [2.05, 4.69) is 10.3 Å². The second-order valence-electron chi connectivity index (χ2n) is 3.77. The number of rotatable bonds is 3. The van der Waals surface area contributed by atoms with Crippen LogP contribution in [-0.4, -0.2) is 16.0 Å². The Morgan fingerprint density at radius 2 is 2.05 bits per heavy atom. The van der Waals surface area contributed by atoms with E-state index in [9.17, 15) is 13.6 Å². The molecule has 0 unspecified atom stereocenters. The standard InChI is InChI=1S/C13H10F2N2O2/c14-10-2-1-8(5-11(10)15)13(19)17-12-6-16-4-3-9(12)7-18/h1-6,18H,7H2,(H,17,19). The first-order valence-corrected chi connectivity index (χ1v) is 5.42. The second-order valence-corrected chi connectivity index (χ2v) is 3.77. The van der Waals surface area contributed by atoms with Gasteiger partial charge in [-0.05, 0) is 24.3 Å². The number of hydrogen-bond donors (Lipinski definition) is 2. The number of aromatic nitrogens is 1. The maximum absolute atomic E-state index is 13.0. The number of hydrogen-bond acceptors (Lipinski definition) is 3. The molecule has 2 aromatic rings. The minimum Gasteiger partial charge on any atom is -0.392 e. The lowest BCUT2D eigenvalue weighted by Gasteiger charge is -2.08. The topological polar surface area (TPSA) is 62.2 Å². The van der Waals surface area contributed by atoms with Gasteiger partial charge in [-0.3, -0.25) is 9.78 Å². The van der Waals surface area contributed by atoms with Gasteiger partial charge in [0, 0.05) is 17.3 Å². The van der Waals surface area contributed by atoms with Crippen LogP contribution in [0.4, 0.5) is 14.5 Å². The largest absolute Gasteiger partial charge is 0.392 e. The van der Waals surface area contributed by atoms with Crippen LogP contribution in [0.2, 0.25) is 0 Å². The molecule has 4 nitrogen and oxygen atoms in total. The van der Waals surface area contributed by atoms with Crippen molar-refractivity contribution in [2.24, 2.45) is 0 Å². The quantitative estimate of drug-likeness (QED) is 0.892. The molecule has 1 amide bonds. The van der Waals surface area contributed by atoms with Crippen LogP contribution in [-0.2, 0) is 6.61 Å². The number of nitrogens with one attached hydrogen (secondary N) is 1. The summed E-state index contributed by atoms with van der Waals surface area (Å²) < 4.78 is 25.8. The molecule has 2 rings (SSSR count). The number of pyridine rings is 1. The monoisotopic (exact) mass is 264 g/mol. The first-order valence-electron chi connectivity index (χ1n) is 5.42. The predicted octanol–water partition coefficient (Wildman–Crippen LogP) is 2.10. The molecule has 0 aliphatic heterocycles. The first kappa shape index (κ1) is 13.1. The highest BCUT2D eigenvalue weighted by Crippen LogP contribution is 2.15. The van der Waals surface area contributed by atoms with Gasteiger partial charge in [0.1, 0.15) is 0 Å². The van der Waals surface area contributed by atoms with Crippen LogP contribution >= 0.6 is 0 Å². The van der Waals surface area contributed by atoms with Crippen LogP contribution in [0, 0.1) is 11.6 Å². The normalized spacial score (nSPS) is 10.3. The summed E-state index contributed by atoms with van der Waals surface area (Å²) in [5.41, 5.74) is 0.775. The van der Waals surface area contributed by atoms with Crippen molar-refractivity contribution in [1.82, 2.24) is 4.98 Å². The number of anilines is 1. The van der Waals surface area contributed by atoms with Crippen molar-refractivity contribution in [2.45, 2.75) is 6.61 Å². The van der Waals surface area contributed by atoms with Crippen molar-refractivity contribution in [3.63, 3.8) is 0 Å². The van der Waals surface area contributed by atoms with Crippen LogP contribution in [0.25, 0.3) is 0 Å². The molecule has 19 heavy (non-hydrogen) atoms. The molecule has 0 spiro atoms. The van der Waals surface area contributed by atoms with E-state index in [1.807, 2.05) is 0 Å². The molecule has 1 aromatic heterocycles. The van der Waals surface area contributed by atoms with Gasteiger partial charge in [0.15, 0.2) is 11.6 Å². The third-order valence-corrected chi connectivity index (χ3v) is 2.51. The summed E-state index contributed by atoms with van der Waals surface area (Å²) in [6.45, 7) is -0.268. The molecule has 0 saturated heterocycles. The van der Waals surface area contributed by atoms with Crippen molar-refractivity contribution >= 4 is 11.6 Å². The van der Waals surface area contributed by atoms with E-state index in [1.165, 1.54) is 18.5 Å². The van der Waals surface area contributed by atoms with Gasteiger partial charge < -0.3 is 10.4 Å². The fraction of sp³-hybridized carbons (Fsp3) is 0.0769.